The van der Waals surface area contributed by atoms with E-state index in [1.165, 1.54) is 4.90 Å². The summed E-state index contributed by atoms with van der Waals surface area (Å²) < 4.78 is 10.8. The summed E-state index contributed by atoms with van der Waals surface area (Å²) in [5, 5.41) is 0. The summed E-state index contributed by atoms with van der Waals surface area (Å²) in [5.41, 5.74) is 0.345. The van der Waals surface area contributed by atoms with Crippen molar-refractivity contribution in [1.29, 1.82) is 0 Å². The normalized spacial score (nSPS) is 21.1. The van der Waals surface area contributed by atoms with Gasteiger partial charge in [-0.1, -0.05) is 37.3 Å². The standard InChI is InChI=1S/C18H25NO4/c1-13-10-15(19(11-13)17(21)23-18(2,3)4)16(20)22-12-14-8-6-5-7-9-14/h5-9,13,15H,10-12H2,1-4H3/t13-,15-/m1/s1. The van der Waals surface area contributed by atoms with E-state index in [4.69, 9.17) is 9.47 Å². The van der Waals surface area contributed by atoms with Crippen LogP contribution in [0.3, 0.4) is 0 Å². The van der Waals surface area contributed by atoms with Crippen molar-refractivity contribution in [2.45, 2.75) is 52.4 Å². The minimum absolute atomic E-state index is 0.215. The summed E-state index contributed by atoms with van der Waals surface area (Å²) in [4.78, 5) is 26.2. The zero-order valence-electron chi connectivity index (χ0n) is 14.2. The Hall–Kier alpha value is -2.04. The maximum atomic E-state index is 12.4. The van der Waals surface area contributed by atoms with Crippen molar-refractivity contribution >= 4 is 12.1 Å². The SMILES string of the molecule is C[C@@H]1C[C@H](C(=O)OCc2ccccc2)N(C(=O)OC(C)(C)C)C1. The molecule has 1 aliphatic rings. The van der Waals surface area contributed by atoms with Gasteiger partial charge >= 0.3 is 12.1 Å². The highest BCUT2D eigenvalue weighted by Gasteiger charge is 2.40. The third kappa shape index (κ3) is 4.98. The first-order valence-electron chi connectivity index (χ1n) is 7.96. The molecule has 0 unspecified atom stereocenters. The van der Waals surface area contributed by atoms with E-state index in [-0.39, 0.29) is 18.5 Å². The van der Waals surface area contributed by atoms with Gasteiger partial charge in [0.15, 0.2) is 0 Å². The number of rotatable bonds is 3. The lowest BCUT2D eigenvalue weighted by Crippen LogP contribution is -2.44. The molecule has 0 spiro atoms. The Morgan fingerprint density at radius 1 is 1.22 bits per heavy atom. The first-order chi connectivity index (χ1) is 10.8. The van der Waals surface area contributed by atoms with Crippen LogP contribution in [0.5, 0.6) is 0 Å². The van der Waals surface area contributed by atoms with Crippen LogP contribution in [0, 0.1) is 5.92 Å². The molecule has 0 saturated carbocycles. The van der Waals surface area contributed by atoms with Crippen LogP contribution in [0.1, 0.15) is 39.7 Å². The van der Waals surface area contributed by atoms with Gasteiger partial charge in [0.2, 0.25) is 0 Å². The zero-order valence-corrected chi connectivity index (χ0v) is 14.2. The van der Waals surface area contributed by atoms with Gasteiger partial charge in [-0.3, -0.25) is 4.90 Å². The minimum atomic E-state index is -0.582. The largest absolute Gasteiger partial charge is 0.459 e. The Morgan fingerprint density at radius 2 is 1.87 bits per heavy atom. The molecule has 23 heavy (non-hydrogen) atoms. The van der Waals surface area contributed by atoms with Gasteiger partial charge in [-0.05, 0) is 38.7 Å². The molecule has 1 aromatic rings. The Balaban J connectivity index is 1.98. The molecule has 1 aromatic carbocycles. The van der Waals surface area contributed by atoms with Crippen LogP contribution in [0.2, 0.25) is 0 Å². The smallest absolute Gasteiger partial charge is 0.411 e. The van der Waals surface area contributed by atoms with Gasteiger partial charge in [-0.25, -0.2) is 9.59 Å². The van der Waals surface area contributed by atoms with Gasteiger partial charge in [0.25, 0.3) is 0 Å². The molecule has 5 heteroatoms. The molecule has 0 radical (unpaired) electrons. The predicted octanol–water partition coefficient (Wildman–Crippen LogP) is 3.38. The van der Waals surface area contributed by atoms with E-state index >= 15 is 0 Å². The van der Waals surface area contributed by atoms with Crippen LogP contribution in [-0.2, 0) is 20.9 Å². The van der Waals surface area contributed by atoms with Crippen molar-refractivity contribution in [1.82, 2.24) is 4.90 Å². The second kappa shape index (κ2) is 7.02. The van der Waals surface area contributed by atoms with E-state index in [1.54, 1.807) is 0 Å². The highest BCUT2D eigenvalue weighted by atomic mass is 16.6. The minimum Gasteiger partial charge on any atom is -0.459 e. The van der Waals surface area contributed by atoms with Crippen molar-refractivity contribution in [2.24, 2.45) is 5.92 Å². The van der Waals surface area contributed by atoms with E-state index in [0.29, 0.717) is 13.0 Å². The molecule has 5 nitrogen and oxygen atoms in total. The number of esters is 1. The molecule has 1 heterocycles. The average molecular weight is 319 g/mol. The van der Waals surface area contributed by atoms with Gasteiger partial charge in [0.1, 0.15) is 18.2 Å². The van der Waals surface area contributed by atoms with Gasteiger partial charge in [-0.2, -0.15) is 0 Å². The van der Waals surface area contributed by atoms with Crippen LogP contribution in [0.25, 0.3) is 0 Å². The van der Waals surface area contributed by atoms with E-state index in [9.17, 15) is 9.59 Å². The quantitative estimate of drug-likeness (QED) is 0.802. The number of amides is 1. The maximum absolute atomic E-state index is 12.4. The summed E-state index contributed by atoms with van der Waals surface area (Å²) in [5.74, 6) is -0.124. The van der Waals surface area contributed by atoms with Crippen molar-refractivity contribution in [3.63, 3.8) is 0 Å². The Kier molecular flexibility index (Phi) is 5.29. The lowest BCUT2D eigenvalue weighted by atomic mass is 10.1. The number of hydrogen-bond donors (Lipinski definition) is 0. The van der Waals surface area contributed by atoms with Gasteiger partial charge in [0.05, 0.1) is 0 Å². The molecule has 1 saturated heterocycles. The van der Waals surface area contributed by atoms with Crippen molar-refractivity contribution < 1.29 is 19.1 Å². The molecule has 126 valence electrons. The Labute approximate surface area is 137 Å². The lowest BCUT2D eigenvalue weighted by Gasteiger charge is -2.27. The van der Waals surface area contributed by atoms with Crippen molar-refractivity contribution in [2.75, 3.05) is 6.54 Å². The number of benzene rings is 1. The van der Waals surface area contributed by atoms with Crippen LogP contribution in [0.15, 0.2) is 30.3 Å². The van der Waals surface area contributed by atoms with Crippen molar-refractivity contribution in [3.05, 3.63) is 35.9 Å². The molecule has 0 bridgehead atoms. The molecule has 0 N–H and O–H groups in total. The molecule has 1 amide bonds. The third-order valence-corrected chi connectivity index (χ3v) is 3.63. The molecule has 2 atom stereocenters. The summed E-state index contributed by atoms with van der Waals surface area (Å²) in [6, 6.07) is 8.94. The van der Waals surface area contributed by atoms with Gasteiger partial charge < -0.3 is 9.47 Å². The Morgan fingerprint density at radius 3 is 2.48 bits per heavy atom. The topological polar surface area (TPSA) is 55.8 Å². The van der Waals surface area contributed by atoms with Crippen LogP contribution in [0.4, 0.5) is 4.79 Å². The van der Waals surface area contributed by atoms with E-state index in [1.807, 2.05) is 58.0 Å². The van der Waals surface area contributed by atoms with Gasteiger partial charge in [0, 0.05) is 6.54 Å². The fourth-order valence-electron chi connectivity index (χ4n) is 2.62. The van der Waals surface area contributed by atoms with E-state index < -0.39 is 17.7 Å². The maximum Gasteiger partial charge on any atom is 0.411 e. The molecular weight excluding hydrogens is 294 g/mol. The highest BCUT2D eigenvalue weighted by Crippen LogP contribution is 2.26. The summed E-state index contributed by atoms with van der Waals surface area (Å²) in [6.45, 7) is 8.18. The first kappa shape index (κ1) is 17.3. The third-order valence-electron chi connectivity index (χ3n) is 3.63. The fourth-order valence-corrected chi connectivity index (χ4v) is 2.62. The van der Waals surface area contributed by atoms with E-state index in [0.717, 1.165) is 5.56 Å². The number of carbonyl (C=O) groups excluding carboxylic acids is 2. The number of nitrogens with zero attached hydrogens (tertiary/aromatic N) is 1. The monoisotopic (exact) mass is 319 g/mol. The molecule has 0 aliphatic carbocycles. The number of likely N-dealkylation sites (tertiary alicyclic amines) is 1. The molecular formula is C18H25NO4. The highest BCUT2D eigenvalue weighted by molar-refractivity contribution is 5.82. The van der Waals surface area contributed by atoms with Crippen molar-refractivity contribution in [3.8, 4) is 0 Å². The average Bonchev–Trinajstić information content (AvgIpc) is 2.86. The van der Waals surface area contributed by atoms with Crippen LogP contribution in [-0.4, -0.2) is 35.2 Å². The van der Waals surface area contributed by atoms with Crippen LogP contribution >= 0.6 is 0 Å². The molecule has 1 aliphatic heterocycles. The first-order valence-corrected chi connectivity index (χ1v) is 7.96. The fraction of sp³-hybridized carbons (Fsp3) is 0.556. The zero-order chi connectivity index (χ0) is 17.0. The number of ether oxygens (including phenoxy) is 2. The summed E-state index contributed by atoms with van der Waals surface area (Å²) in [6.07, 6.45) is 0.149. The molecule has 2 rings (SSSR count). The number of hydrogen-bond acceptors (Lipinski definition) is 4. The Bertz CT molecular complexity index is 550. The second-order valence-electron chi connectivity index (χ2n) is 7.08. The van der Waals surface area contributed by atoms with Gasteiger partial charge in [-0.15, -0.1) is 0 Å². The van der Waals surface area contributed by atoms with E-state index in [2.05, 4.69) is 0 Å². The number of carbonyl (C=O) groups is 2. The van der Waals surface area contributed by atoms with Crippen LogP contribution < -0.4 is 0 Å². The predicted molar refractivity (Wildman–Crippen MR) is 86.7 cm³/mol. The molecule has 0 aromatic heterocycles. The summed E-state index contributed by atoms with van der Waals surface area (Å²) >= 11 is 0. The molecule has 1 fully saturated rings. The second-order valence-corrected chi connectivity index (χ2v) is 7.08. The summed E-state index contributed by atoms with van der Waals surface area (Å²) in [7, 11) is 0. The lowest BCUT2D eigenvalue weighted by molar-refractivity contribution is -0.150.